The maximum absolute atomic E-state index is 15.8. The molecular formula is C59H41NOP+. The van der Waals surface area contributed by atoms with E-state index in [1.165, 1.54) is 99.9 Å². The van der Waals surface area contributed by atoms with Gasteiger partial charge in [0.25, 0.3) is 0 Å². The number of rotatable bonds is 3. The molecule has 14 rings (SSSR count). The van der Waals surface area contributed by atoms with Crippen molar-refractivity contribution < 1.29 is 4.57 Å². The number of allylic oxidation sites excluding steroid dienone is 16. The van der Waals surface area contributed by atoms with Crippen LogP contribution in [0.5, 0.6) is 0 Å². The summed E-state index contributed by atoms with van der Waals surface area (Å²) in [5.74, 6) is 0.501. The van der Waals surface area contributed by atoms with E-state index in [0.29, 0.717) is 5.92 Å². The van der Waals surface area contributed by atoms with Crippen molar-refractivity contribution in [1.82, 2.24) is 4.57 Å². The van der Waals surface area contributed by atoms with Crippen molar-refractivity contribution in [2.24, 2.45) is 5.92 Å². The molecule has 0 fully saturated rings. The molecule has 2 aliphatic heterocycles. The fourth-order valence-electron chi connectivity index (χ4n) is 12.6. The molecule has 5 aliphatic carbocycles. The molecule has 0 N–H and O–H groups in total. The van der Waals surface area contributed by atoms with Crippen LogP contribution in [0, 0.1) is 5.92 Å². The Bertz CT molecular complexity index is 3470. The Kier molecular flexibility index (Phi) is 7.21. The Morgan fingerprint density at radius 3 is 2.26 bits per heavy atom. The van der Waals surface area contributed by atoms with Crippen molar-refractivity contribution >= 4 is 46.1 Å². The van der Waals surface area contributed by atoms with Crippen molar-refractivity contribution in [2.75, 3.05) is 0 Å². The van der Waals surface area contributed by atoms with E-state index in [0.717, 1.165) is 30.1 Å². The zero-order valence-electron chi connectivity index (χ0n) is 34.1. The van der Waals surface area contributed by atoms with E-state index in [-0.39, 0.29) is 11.6 Å². The average molecular weight is 811 g/mol. The summed E-state index contributed by atoms with van der Waals surface area (Å²) in [5.41, 5.74) is 21.0. The molecule has 292 valence electrons. The van der Waals surface area contributed by atoms with Crippen LogP contribution in [0.4, 0.5) is 0 Å². The quantitative estimate of drug-likeness (QED) is 0.163. The number of hydrogen-bond acceptors (Lipinski definition) is 1. The van der Waals surface area contributed by atoms with Crippen LogP contribution in [0.3, 0.4) is 0 Å². The summed E-state index contributed by atoms with van der Waals surface area (Å²) >= 11 is 0. The van der Waals surface area contributed by atoms with Crippen molar-refractivity contribution in [2.45, 2.75) is 36.3 Å². The topological polar surface area (TPSA) is 22.0 Å². The highest BCUT2D eigenvalue weighted by molar-refractivity contribution is 7.56. The highest BCUT2D eigenvalue weighted by atomic mass is 31.1. The molecule has 5 unspecified atom stereocenters. The first kappa shape index (κ1) is 34.8. The second kappa shape index (κ2) is 12.8. The van der Waals surface area contributed by atoms with Gasteiger partial charge in [0.1, 0.15) is 0 Å². The largest absolute Gasteiger partial charge is 0.386 e. The van der Waals surface area contributed by atoms with Gasteiger partial charge in [0.15, 0.2) is 5.66 Å². The highest BCUT2D eigenvalue weighted by Gasteiger charge is 2.59. The van der Waals surface area contributed by atoms with Crippen LogP contribution in [0.2, 0.25) is 0 Å². The molecule has 0 saturated heterocycles. The van der Waals surface area contributed by atoms with Gasteiger partial charge in [-0.15, -0.1) is 0 Å². The molecule has 0 bridgehead atoms. The Hall–Kier alpha value is -6.86. The number of para-hydroxylation sites is 3. The Balaban J connectivity index is 1.05. The van der Waals surface area contributed by atoms with Crippen molar-refractivity contribution in [1.29, 1.82) is 0 Å². The van der Waals surface area contributed by atoms with Crippen LogP contribution in [0.15, 0.2) is 211 Å². The van der Waals surface area contributed by atoms with E-state index in [9.17, 15) is 0 Å². The van der Waals surface area contributed by atoms with Crippen LogP contribution >= 0.6 is 7.80 Å². The van der Waals surface area contributed by atoms with E-state index >= 15 is 4.57 Å². The van der Waals surface area contributed by atoms with Crippen LogP contribution in [0.25, 0.3) is 49.8 Å². The summed E-state index contributed by atoms with van der Waals surface area (Å²) in [7, 11) is -1.83. The van der Waals surface area contributed by atoms with Crippen LogP contribution in [-0.4, -0.2) is 10.2 Å². The molecule has 5 atom stereocenters. The van der Waals surface area contributed by atoms with Gasteiger partial charge in [-0.05, 0) is 92.6 Å². The smallest absolute Gasteiger partial charge is 0.309 e. The summed E-state index contributed by atoms with van der Waals surface area (Å²) < 4.78 is 18.4. The molecule has 6 aromatic carbocycles. The predicted octanol–water partition coefficient (Wildman–Crippen LogP) is 14.1. The summed E-state index contributed by atoms with van der Waals surface area (Å²) in [4.78, 5) is 0. The fraction of sp³-hybridized carbons (Fsp3) is 0.119. The first-order valence-corrected chi connectivity index (χ1v) is 23.5. The standard InChI is InChI=1S/C59H41NOP/c61-62-57-43(38-14-2-1-3-15-38)19-10-21-46(57)47-33-34-50-55(58(47)62)54-42(39-30-27-37(28-31-39)41-32-29-36-13-4-5-16-40(36)35-41)18-11-23-49(54)59(50)48-22-7-9-26-53(48)60-52-25-8-6-17-44(52)45-20-12-24-51(59)56(45)60/h1-27,29-30,32-34,40,46,57H,28,31,35H2/q+1. The lowest BCUT2D eigenvalue weighted by molar-refractivity contribution is 0.589. The zero-order chi connectivity index (χ0) is 40.7. The Morgan fingerprint density at radius 2 is 1.34 bits per heavy atom. The third-order valence-corrected chi connectivity index (χ3v) is 17.2. The minimum absolute atomic E-state index is 0.0445. The lowest BCUT2D eigenvalue weighted by Gasteiger charge is -2.39. The Morgan fingerprint density at radius 1 is 0.581 bits per heavy atom. The van der Waals surface area contributed by atoms with Crippen molar-refractivity contribution in [3.05, 3.63) is 250 Å². The Labute approximate surface area is 362 Å². The maximum Gasteiger partial charge on any atom is 0.386 e. The molecule has 2 nitrogen and oxygen atoms in total. The summed E-state index contributed by atoms with van der Waals surface area (Å²) in [6.45, 7) is 0. The van der Waals surface area contributed by atoms with Gasteiger partial charge in [0.2, 0.25) is 5.30 Å². The first-order valence-electron chi connectivity index (χ1n) is 22.2. The van der Waals surface area contributed by atoms with Gasteiger partial charge in [-0.1, -0.05) is 187 Å². The van der Waals surface area contributed by atoms with E-state index in [2.05, 4.69) is 199 Å². The first-order chi connectivity index (χ1) is 30.7. The molecule has 3 heteroatoms. The third kappa shape index (κ3) is 4.45. The average Bonchev–Trinajstić information content (AvgIpc) is 3.95. The summed E-state index contributed by atoms with van der Waals surface area (Å²) in [6.07, 6.45) is 28.1. The normalized spacial score (nSPS) is 23.8. The van der Waals surface area contributed by atoms with Crippen LogP contribution in [0.1, 0.15) is 64.1 Å². The molecule has 1 aromatic heterocycles. The zero-order valence-corrected chi connectivity index (χ0v) is 35.0. The van der Waals surface area contributed by atoms with E-state index < -0.39 is 13.2 Å². The summed E-state index contributed by atoms with van der Waals surface area (Å²) in [6, 6.07) is 47.4. The molecule has 62 heavy (non-hydrogen) atoms. The van der Waals surface area contributed by atoms with Gasteiger partial charge in [-0.25, -0.2) is 0 Å². The fourth-order valence-corrected chi connectivity index (χ4v) is 14.8. The third-order valence-electron chi connectivity index (χ3n) is 15.2. The molecule has 3 heterocycles. The van der Waals surface area contributed by atoms with Gasteiger partial charge in [-0.2, -0.15) is 0 Å². The van der Waals surface area contributed by atoms with Crippen LogP contribution in [-0.2, 0) is 9.98 Å². The van der Waals surface area contributed by atoms with E-state index in [1.807, 2.05) is 0 Å². The second-order valence-electron chi connectivity index (χ2n) is 17.9. The molecule has 1 spiro atoms. The predicted molar refractivity (Wildman–Crippen MR) is 257 cm³/mol. The minimum Gasteiger partial charge on any atom is -0.309 e. The second-order valence-corrected chi connectivity index (χ2v) is 19.6. The van der Waals surface area contributed by atoms with E-state index in [1.54, 1.807) is 0 Å². The molecule has 0 radical (unpaired) electrons. The van der Waals surface area contributed by atoms with Gasteiger partial charge < -0.3 is 4.57 Å². The number of benzene rings is 6. The lowest BCUT2D eigenvalue weighted by atomic mass is 9.65. The summed E-state index contributed by atoms with van der Waals surface area (Å²) in [5, 5.41) is 3.59. The number of nitrogens with zero attached hydrogens (tertiary/aromatic N) is 1. The van der Waals surface area contributed by atoms with E-state index in [4.69, 9.17) is 0 Å². The highest BCUT2D eigenvalue weighted by Crippen LogP contribution is 2.65. The monoisotopic (exact) mass is 810 g/mol. The minimum atomic E-state index is -1.83. The molecule has 7 aliphatic rings. The molecule has 7 aromatic rings. The number of fused-ring (bicyclic) bond motifs is 17. The molecular weight excluding hydrogens is 770 g/mol. The van der Waals surface area contributed by atoms with Gasteiger partial charge in [0.05, 0.1) is 28.1 Å². The molecule has 0 saturated carbocycles. The van der Waals surface area contributed by atoms with Gasteiger partial charge in [0, 0.05) is 33.4 Å². The van der Waals surface area contributed by atoms with Crippen LogP contribution < -0.4 is 5.30 Å². The maximum atomic E-state index is 15.8. The number of aromatic nitrogens is 1. The lowest BCUT2D eigenvalue weighted by Crippen LogP contribution is -2.33. The van der Waals surface area contributed by atoms with Gasteiger partial charge >= 0.3 is 7.80 Å². The van der Waals surface area contributed by atoms with Crippen molar-refractivity contribution in [3.8, 4) is 16.8 Å². The van der Waals surface area contributed by atoms with Crippen molar-refractivity contribution in [3.63, 3.8) is 0 Å². The van der Waals surface area contributed by atoms with Gasteiger partial charge in [-0.3, -0.25) is 0 Å². The molecule has 0 amide bonds. The number of hydrogen-bond donors (Lipinski definition) is 0. The SMILES string of the molecule is O=[P+]1c2c(ccc3c2-c2c(C4=CC=C(C5=CC=C6C=CC=CC6C5)CC4)cccc2C32c3ccccc3-n3c4ccccc4c4cccc2c43)C2C=CC=C(c3ccccc3)C21.